The smallest absolute Gasteiger partial charge is 0.195 e. The molecule has 0 aromatic carbocycles. The molecule has 0 unspecified atom stereocenters. The van der Waals surface area contributed by atoms with Gasteiger partial charge in [0.05, 0.1) is 0 Å². The summed E-state index contributed by atoms with van der Waals surface area (Å²) in [7, 11) is -3.18. The van der Waals surface area contributed by atoms with E-state index in [4.69, 9.17) is 0 Å². The summed E-state index contributed by atoms with van der Waals surface area (Å²) in [4.78, 5) is 0. The molecule has 4 nitrogen and oxygen atoms in total. The van der Waals surface area contributed by atoms with Crippen LogP contribution >= 0.6 is 0 Å². The zero-order valence-electron chi connectivity index (χ0n) is 11.5. The first-order valence-electron chi connectivity index (χ1n) is 7.36. The molecule has 0 bridgehead atoms. The van der Waals surface area contributed by atoms with E-state index < -0.39 is 10.2 Å². The first-order chi connectivity index (χ1) is 8.60. The fraction of sp³-hybridized carbons (Fsp3) is 1.00. The van der Waals surface area contributed by atoms with E-state index in [1.807, 2.05) is 0 Å². The van der Waals surface area contributed by atoms with Gasteiger partial charge >= 0.3 is 0 Å². The third-order valence-corrected chi connectivity index (χ3v) is 6.25. The Bertz CT molecular complexity index is 340. The third kappa shape index (κ3) is 3.45. The monoisotopic (exact) mass is 274 g/mol. The van der Waals surface area contributed by atoms with Crippen LogP contribution in [0.5, 0.6) is 0 Å². The summed E-state index contributed by atoms with van der Waals surface area (Å²) in [5.41, 5.74) is 0. The number of rotatable bonds is 2. The number of hydrogen-bond donors (Lipinski definition) is 0. The summed E-state index contributed by atoms with van der Waals surface area (Å²) in [6.07, 6.45) is 7.65. The molecule has 2 fully saturated rings. The Morgan fingerprint density at radius 3 is 1.78 bits per heavy atom. The van der Waals surface area contributed by atoms with E-state index in [-0.39, 0.29) is 0 Å². The van der Waals surface area contributed by atoms with Crippen molar-refractivity contribution in [2.24, 2.45) is 5.92 Å². The van der Waals surface area contributed by atoms with Crippen LogP contribution in [0.25, 0.3) is 0 Å². The lowest BCUT2D eigenvalue weighted by Gasteiger charge is -2.34. The molecule has 5 heteroatoms. The van der Waals surface area contributed by atoms with Gasteiger partial charge in [-0.15, -0.1) is 0 Å². The molecule has 2 rings (SSSR count). The van der Waals surface area contributed by atoms with Crippen molar-refractivity contribution in [2.45, 2.75) is 51.9 Å². The molecule has 0 amide bonds. The molecular formula is C13H26N2O2S. The molecule has 0 N–H and O–H groups in total. The minimum atomic E-state index is -3.18. The zero-order valence-corrected chi connectivity index (χ0v) is 12.3. The summed E-state index contributed by atoms with van der Waals surface area (Å²) >= 11 is 0. The predicted molar refractivity (Wildman–Crippen MR) is 73.5 cm³/mol. The van der Waals surface area contributed by atoms with Gasteiger partial charge in [0.1, 0.15) is 0 Å². The summed E-state index contributed by atoms with van der Waals surface area (Å²) in [6, 6.07) is 0. The molecule has 2 aliphatic heterocycles. The Balaban J connectivity index is 1.99. The molecule has 0 atom stereocenters. The molecule has 2 heterocycles. The maximum absolute atomic E-state index is 12.6. The predicted octanol–water partition coefficient (Wildman–Crippen LogP) is 2.23. The van der Waals surface area contributed by atoms with E-state index in [0.717, 1.165) is 25.7 Å². The number of nitrogens with zero attached hydrogens (tertiary/aromatic N) is 2. The van der Waals surface area contributed by atoms with Crippen molar-refractivity contribution in [3.63, 3.8) is 0 Å². The Hall–Kier alpha value is -0.130. The van der Waals surface area contributed by atoms with Crippen molar-refractivity contribution in [2.75, 3.05) is 26.2 Å². The molecule has 18 heavy (non-hydrogen) atoms. The molecule has 0 aliphatic carbocycles. The first-order valence-corrected chi connectivity index (χ1v) is 8.75. The van der Waals surface area contributed by atoms with Crippen molar-refractivity contribution in [3.05, 3.63) is 0 Å². The van der Waals surface area contributed by atoms with Gasteiger partial charge in [0.15, 0.2) is 0 Å². The zero-order chi connectivity index (χ0) is 13.0. The molecule has 106 valence electrons. The van der Waals surface area contributed by atoms with Crippen molar-refractivity contribution < 1.29 is 8.42 Å². The summed E-state index contributed by atoms with van der Waals surface area (Å²) in [6.45, 7) is 5.06. The van der Waals surface area contributed by atoms with Gasteiger partial charge in [-0.25, -0.2) is 0 Å². The van der Waals surface area contributed by atoms with Crippen LogP contribution in [0.15, 0.2) is 0 Å². The summed E-state index contributed by atoms with van der Waals surface area (Å²) < 4.78 is 28.6. The van der Waals surface area contributed by atoms with Crippen LogP contribution in [-0.2, 0) is 10.2 Å². The lowest BCUT2D eigenvalue weighted by Crippen LogP contribution is -2.47. The van der Waals surface area contributed by atoms with Gasteiger partial charge in [-0.3, -0.25) is 0 Å². The highest BCUT2D eigenvalue weighted by Gasteiger charge is 2.31. The van der Waals surface area contributed by atoms with E-state index in [0.29, 0.717) is 32.1 Å². The quantitative estimate of drug-likeness (QED) is 0.775. The minimum absolute atomic E-state index is 0.670. The average Bonchev–Trinajstić information content (AvgIpc) is 2.28. The van der Waals surface area contributed by atoms with Gasteiger partial charge in [-0.05, 0) is 31.6 Å². The van der Waals surface area contributed by atoms with E-state index in [1.54, 1.807) is 8.61 Å². The number of piperidine rings is 1. The van der Waals surface area contributed by atoms with E-state index in [2.05, 4.69) is 6.92 Å². The van der Waals surface area contributed by atoms with Gasteiger partial charge in [0.25, 0.3) is 10.2 Å². The van der Waals surface area contributed by atoms with Gasteiger partial charge in [0.2, 0.25) is 0 Å². The van der Waals surface area contributed by atoms with Crippen LogP contribution in [0.4, 0.5) is 0 Å². The van der Waals surface area contributed by atoms with Gasteiger partial charge in [0, 0.05) is 26.2 Å². The summed E-state index contributed by atoms with van der Waals surface area (Å²) in [5, 5.41) is 0. The van der Waals surface area contributed by atoms with Crippen LogP contribution in [0, 0.1) is 5.92 Å². The van der Waals surface area contributed by atoms with E-state index in [9.17, 15) is 8.42 Å². The Labute approximate surface area is 112 Å². The number of hydrogen-bond acceptors (Lipinski definition) is 2. The SMILES string of the molecule is CC1CCN(S(=O)(=O)N2CCCCCCC2)CC1. The highest BCUT2D eigenvalue weighted by atomic mass is 32.2. The van der Waals surface area contributed by atoms with Crippen LogP contribution < -0.4 is 0 Å². The standard InChI is InChI=1S/C13H26N2O2S/c1-13-7-11-15(12-8-13)18(16,17)14-9-5-3-2-4-6-10-14/h13H,2-12H2,1H3. The normalized spacial score (nSPS) is 26.7. The highest BCUT2D eigenvalue weighted by molar-refractivity contribution is 7.86. The molecule has 2 saturated heterocycles. The van der Waals surface area contributed by atoms with E-state index in [1.165, 1.54) is 19.3 Å². The Kier molecular flexibility index (Phi) is 5.04. The lowest BCUT2D eigenvalue weighted by molar-refractivity contribution is 0.258. The maximum atomic E-state index is 12.6. The molecule has 0 aromatic rings. The van der Waals surface area contributed by atoms with Crippen LogP contribution in [0.2, 0.25) is 0 Å². The van der Waals surface area contributed by atoms with Crippen molar-refractivity contribution >= 4 is 10.2 Å². The Morgan fingerprint density at radius 2 is 1.22 bits per heavy atom. The lowest BCUT2D eigenvalue weighted by atomic mass is 10.0. The topological polar surface area (TPSA) is 40.6 Å². The molecular weight excluding hydrogens is 248 g/mol. The second-order valence-electron chi connectivity index (χ2n) is 5.76. The fourth-order valence-corrected chi connectivity index (χ4v) is 4.55. The molecule has 0 saturated carbocycles. The second-order valence-corrected chi connectivity index (χ2v) is 7.68. The van der Waals surface area contributed by atoms with Gasteiger partial charge < -0.3 is 0 Å². The van der Waals surface area contributed by atoms with E-state index >= 15 is 0 Å². The largest absolute Gasteiger partial charge is 0.281 e. The van der Waals surface area contributed by atoms with Crippen molar-refractivity contribution in [3.8, 4) is 0 Å². The van der Waals surface area contributed by atoms with Gasteiger partial charge in [-0.2, -0.15) is 17.0 Å². The molecule has 0 aromatic heterocycles. The van der Waals surface area contributed by atoms with Crippen molar-refractivity contribution in [1.82, 2.24) is 8.61 Å². The highest BCUT2D eigenvalue weighted by Crippen LogP contribution is 2.22. The minimum Gasteiger partial charge on any atom is -0.195 e. The molecule has 0 spiro atoms. The van der Waals surface area contributed by atoms with Crippen LogP contribution in [-0.4, -0.2) is 43.2 Å². The fourth-order valence-electron chi connectivity index (χ4n) is 2.83. The average molecular weight is 274 g/mol. The second kappa shape index (κ2) is 6.35. The molecule has 2 aliphatic rings. The third-order valence-electron chi connectivity index (χ3n) is 4.21. The van der Waals surface area contributed by atoms with Crippen LogP contribution in [0.1, 0.15) is 51.9 Å². The first kappa shape index (κ1) is 14.3. The maximum Gasteiger partial charge on any atom is 0.281 e. The molecule has 0 radical (unpaired) electrons. The summed E-state index contributed by atoms with van der Waals surface area (Å²) in [5.74, 6) is 0.670. The Morgan fingerprint density at radius 1 is 0.778 bits per heavy atom. The van der Waals surface area contributed by atoms with Gasteiger partial charge in [-0.1, -0.05) is 26.2 Å². The van der Waals surface area contributed by atoms with Crippen LogP contribution in [0.3, 0.4) is 0 Å². The van der Waals surface area contributed by atoms with Crippen molar-refractivity contribution in [1.29, 1.82) is 0 Å².